The Morgan fingerprint density at radius 3 is 2.56 bits per heavy atom. The summed E-state index contributed by atoms with van der Waals surface area (Å²) in [4.78, 5) is 0. The van der Waals surface area contributed by atoms with Gasteiger partial charge < -0.3 is 5.41 Å². The fourth-order valence-electron chi connectivity index (χ4n) is 0.612. The quantitative estimate of drug-likeness (QED) is 0.440. The zero-order valence-corrected chi connectivity index (χ0v) is 6.02. The van der Waals surface area contributed by atoms with Crippen molar-refractivity contribution < 1.29 is 0 Å². The van der Waals surface area contributed by atoms with Gasteiger partial charge in [0, 0.05) is 6.21 Å². The van der Waals surface area contributed by atoms with Crippen molar-refractivity contribution in [3.8, 4) is 0 Å². The highest BCUT2D eigenvalue weighted by Crippen LogP contribution is 1.99. The average Bonchev–Trinajstić information content (AvgIpc) is 1.88. The normalized spacial score (nSPS) is 12.4. The molecule has 0 fully saturated rings. The molecule has 0 heterocycles. The Labute approximate surface area is 56.6 Å². The maximum Gasteiger partial charge on any atom is 0.0180 e. The minimum Gasteiger partial charge on any atom is -0.309 e. The van der Waals surface area contributed by atoms with E-state index in [2.05, 4.69) is 6.92 Å². The van der Waals surface area contributed by atoms with Crippen LogP contribution in [0.5, 0.6) is 0 Å². The third-order valence-corrected chi connectivity index (χ3v) is 1.09. The van der Waals surface area contributed by atoms with Gasteiger partial charge in [0.2, 0.25) is 0 Å². The maximum absolute atomic E-state index is 6.78. The van der Waals surface area contributed by atoms with Gasteiger partial charge in [-0.1, -0.05) is 19.1 Å². The molecule has 0 saturated carbocycles. The standard InChI is InChI=1S/C8H13N/c1-3-5-8(4-2)6-7-9/h3,5-7,9H,4H2,1-2H3. The molecule has 0 aliphatic carbocycles. The summed E-state index contributed by atoms with van der Waals surface area (Å²) in [6, 6.07) is 0. The zero-order chi connectivity index (χ0) is 7.11. The van der Waals surface area contributed by atoms with Crippen molar-refractivity contribution in [2.24, 2.45) is 0 Å². The fourth-order valence-corrected chi connectivity index (χ4v) is 0.612. The minimum atomic E-state index is 1.000. The third kappa shape index (κ3) is 3.71. The van der Waals surface area contributed by atoms with Crippen molar-refractivity contribution in [3.05, 3.63) is 23.8 Å². The summed E-state index contributed by atoms with van der Waals surface area (Å²) in [5, 5.41) is 6.78. The molecule has 0 bridgehead atoms. The highest BCUT2D eigenvalue weighted by Gasteiger charge is 1.81. The van der Waals surface area contributed by atoms with Crippen molar-refractivity contribution in [1.82, 2.24) is 0 Å². The van der Waals surface area contributed by atoms with Crippen LogP contribution in [0.3, 0.4) is 0 Å². The van der Waals surface area contributed by atoms with E-state index >= 15 is 0 Å². The molecule has 50 valence electrons. The first kappa shape index (κ1) is 8.15. The van der Waals surface area contributed by atoms with E-state index in [4.69, 9.17) is 5.41 Å². The molecule has 1 nitrogen and oxygen atoms in total. The van der Waals surface area contributed by atoms with Gasteiger partial charge in [-0.25, -0.2) is 0 Å². The summed E-state index contributed by atoms with van der Waals surface area (Å²) in [7, 11) is 0. The Morgan fingerprint density at radius 2 is 2.22 bits per heavy atom. The molecule has 0 aromatic carbocycles. The van der Waals surface area contributed by atoms with Gasteiger partial charge in [0.05, 0.1) is 0 Å². The summed E-state index contributed by atoms with van der Waals surface area (Å²) in [5.41, 5.74) is 1.20. The molecule has 0 saturated heterocycles. The summed E-state index contributed by atoms with van der Waals surface area (Å²) in [5.74, 6) is 0. The lowest BCUT2D eigenvalue weighted by Gasteiger charge is -1.90. The molecule has 0 spiro atoms. The smallest absolute Gasteiger partial charge is 0.0180 e. The summed E-state index contributed by atoms with van der Waals surface area (Å²) < 4.78 is 0. The predicted octanol–water partition coefficient (Wildman–Crippen LogP) is 2.55. The van der Waals surface area contributed by atoms with E-state index in [-0.39, 0.29) is 0 Å². The molecule has 0 aliphatic heterocycles. The molecule has 9 heavy (non-hydrogen) atoms. The van der Waals surface area contributed by atoms with Crippen LogP contribution in [0.25, 0.3) is 0 Å². The lowest BCUT2D eigenvalue weighted by atomic mass is 10.2. The topological polar surface area (TPSA) is 23.9 Å². The molecule has 0 aliphatic rings. The largest absolute Gasteiger partial charge is 0.309 e. The molecular formula is C8H13N. The number of allylic oxidation sites excluding steroid dienone is 4. The first-order chi connectivity index (χ1) is 4.35. The second-order valence-corrected chi connectivity index (χ2v) is 1.76. The Hall–Kier alpha value is -0.850. The van der Waals surface area contributed by atoms with Crippen LogP contribution in [0.2, 0.25) is 0 Å². The van der Waals surface area contributed by atoms with Gasteiger partial charge in [0.25, 0.3) is 0 Å². The molecule has 0 rings (SSSR count). The Balaban J connectivity index is 3.96. The van der Waals surface area contributed by atoms with Gasteiger partial charge in [-0.3, -0.25) is 0 Å². The van der Waals surface area contributed by atoms with Gasteiger partial charge in [0.1, 0.15) is 0 Å². The number of rotatable bonds is 3. The summed E-state index contributed by atoms with van der Waals surface area (Å²) >= 11 is 0. The van der Waals surface area contributed by atoms with Crippen molar-refractivity contribution in [1.29, 1.82) is 5.41 Å². The van der Waals surface area contributed by atoms with E-state index in [0.717, 1.165) is 6.42 Å². The number of nitrogens with one attached hydrogen (secondary N) is 1. The molecule has 0 aromatic rings. The minimum absolute atomic E-state index is 1.000. The molecule has 0 unspecified atom stereocenters. The lowest BCUT2D eigenvalue weighted by Crippen LogP contribution is -1.73. The third-order valence-electron chi connectivity index (χ3n) is 1.09. The van der Waals surface area contributed by atoms with E-state index in [1.165, 1.54) is 11.8 Å². The second-order valence-electron chi connectivity index (χ2n) is 1.76. The van der Waals surface area contributed by atoms with E-state index in [0.29, 0.717) is 0 Å². The number of hydrogen-bond acceptors (Lipinski definition) is 1. The van der Waals surface area contributed by atoms with Gasteiger partial charge in [0.15, 0.2) is 0 Å². The van der Waals surface area contributed by atoms with E-state index in [1.807, 2.05) is 19.1 Å². The molecular weight excluding hydrogens is 110 g/mol. The fraction of sp³-hybridized carbons (Fsp3) is 0.375. The van der Waals surface area contributed by atoms with Gasteiger partial charge in [-0.05, 0) is 25.0 Å². The van der Waals surface area contributed by atoms with Crippen molar-refractivity contribution in [2.45, 2.75) is 20.3 Å². The Bertz CT molecular complexity index is 132. The zero-order valence-electron chi connectivity index (χ0n) is 6.02. The summed E-state index contributed by atoms with van der Waals surface area (Å²) in [6.45, 7) is 4.06. The molecule has 0 amide bonds. The van der Waals surface area contributed by atoms with Crippen LogP contribution in [0, 0.1) is 5.41 Å². The average molecular weight is 123 g/mol. The van der Waals surface area contributed by atoms with Crippen LogP contribution in [0.4, 0.5) is 0 Å². The predicted molar refractivity (Wildman–Crippen MR) is 42.0 cm³/mol. The molecule has 1 N–H and O–H groups in total. The first-order valence-electron chi connectivity index (χ1n) is 3.17. The van der Waals surface area contributed by atoms with Crippen LogP contribution in [0.15, 0.2) is 23.8 Å². The van der Waals surface area contributed by atoms with E-state index < -0.39 is 0 Å². The van der Waals surface area contributed by atoms with Crippen molar-refractivity contribution >= 4 is 6.21 Å². The highest BCUT2D eigenvalue weighted by molar-refractivity contribution is 5.69. The summed E-state index contributed by atoms with van der Waals surface area (Å²) in [6.07, 6.45) is 8.13. The van der Waals surface area contributed by atoms with Crippen molar-refractivity contribution in [2.75, 3.05) is 0 Å². The highest BCUT2D eigenvalue weighted by atomic mass is 14.3. The number of hydrogen-bond donors (Lipinski definition) is 1. The van der Waals surface area contributed by atoms with Gasteiger partial charge in [-0.15, -0.1) is 0 Å². The van der Waals surface area contributed by atoms with Crippen molar-refractivity contribution in [3.63, 3.8) is 0 Å². The van der Waals surface area contributed by atoms with Crippen LogP contribution < -0.4 is 0 Å². The van der Waals surface area contributed by atoms with Crippen LogP contribution in [0.1, 0.15) is 20.3 Å². The SMILES string of the molecule is CC=CC(=CC=N)CC. The molecule has 0 atom stereocenters. The Morgan fingerprint density at radius 1 is 1.56 bits per heavy atom. The lowest BCUT2D eigenvalue weighted by molar-refractivity contribution is 1.15. The van der Waals surface area contributed by atoms with Gasteiger partial charge in [-0.2, -0.15) is 0 Å². The monoisotopic (exact) mass is 123 g/mol. The second kappa shape index (κ2) is 5.29. The molecule has 0 radical (unpaired) electrons. The van der Waals surface area contributed by atoms with Crippen LogP contribution >= 0.6 is 0 Å². The van der Waals surface area contributed by atoms with Crippen LogP contribution in [-0.2, 0) is 0 Å². The molecule has 0 aromatic heterocycles. The Kier molecular flexibility index (Phi) is 4.79. The van der Waals surface area contributed by atoms with Crippen LogP contribution in [-0.4, -0.2) is 6.21 Å². The van der Waals surface area contributed by atoms with E-state index in [1.54, 1.807) is 6.08 Å². The molecule has 1 heteroatoms. The maximum atomic E-state index is 6.78. The van der Waals surface area contributed by atoms with E-state index in [9.17, 15) is 0 Å². The van der Waals surface area contributed by atoms with Gasteiger partial charge >= 0.3 is 0 Å². The first-order valence-corrected chi connectivity index (χ1v) is 3.17.